The van der Waals surface area contributed by atoms with E-state index in [0.29, 0.717) is 25.2 Å². The Morgan fingerprint density at radius 2 is 1.86 bits per heavy atom. The molecule has 2 fully saturated rings. The first-order chi connectivity index (χ1) is 17.4. The number of carbonyl (C=O) groups is 1. The van der Waals surface area contributed by atoms with Crippen LogP contribution in [0, 0.1) is 0 Å². The molecule has 1 amide bonds. The SMILES string of the molecule is CC(C)N1CCN2C(CC3(c4cccc(Cl)c4)CCCC3)=NC(O)C(OCc3ccccc3)=C2C1=O. The molecule has 5 rings (SSSR count). The minimum atomic E-state index is -1.22. The van der Waals surface area contributed by atoms with Crippen LogP contribution in [0.15, 0.2) is 71.0 Å². The van der Waals surface area contributed by atoms with Crippen LogP contribution >= 0.6 is 11.6 Å². The molecule has 2 heterocycles. The Morgan fingerprint density at radius 1 is 1.11 bits per heavy atom. The van der Waals surface area contributed by atoms with E-state index >= 15 is 0 Å². The van der Waals surface area contributed by atoms with E-state index < -0.39 is 6.23 Å². The Bertz CT molecular complexity index is 1170. The number of rotatable bonds is 7. The van der Waals surface area contributed by atoms with Crippen LogP contribution in [0.1, 0.15) is 57.1 Å². The van der Waals surface area contributed by atoms with Gasteiger partial charge >= 0.3 is 0 Å². The quantitative estimate of drug-likeness (QED) is 0.555. The molecule has 1 aliphatic carbocycles. The smallest absolute Gasteiger partial charge is 0.274 e. The van der Waals surface area contributed by atoms with Gasteiger partial charge in [-0.25, -0.2) is 4.99 Å². The van der Waals surface area contributed by atoms with E-state index in [9.17, 15) is 9.90 Å². The standard InChI is InChI=1S/C29H34ClN3O3/c1-20(2)32-15-16-33-24(18-29(13-6-7-14-29)22-11-8-12-23(30)17-22)31-27(34)26(25(33)28(32)35)36-19-21-9-4-3-5-10-21/h3-5,8-12,17,20,27,34H,6-7,13-16,18-19H2,1-2H3. The fourth-order valence-corrected chi connectivity index (χ4v) is 6.00. The second kappa shape index (κ2) is 10.3. The highest BCUT2D eigenvalue weighted by molar-refractivity contribution is 6.30. The molecule has 1 N–H and O–H groups in total. The third-order valence-electron chi connectivity index (χ3n) is 7.70. The number of hydrogen-bond acceptors (Lipinski definition) is 5. The van der Waals surface area contributed by atoms with Crippen LogP contribution in [0.2, 0.25) is 5.02 Å². The van der Waals surface area contributed by atoms with Gasteiger partial charge in [0, 0.05) is 36.0 Å². The number of benzene rings is 2. The first-order valence-electron chi connectivity index (χ1n) is 12.9. The van der Waals surface area contributed by atoms with Gasteiger partial charge in [0.25, 0.3) is 5.91 Å². The summed E-state index contributed by atoms with van der Waals surface area (Å²) >= 11 is 6.38. The van der Waals surface area contributed by atoms with Crippen molar-refractivity contribution in [2.45, 2.75) is 70.2 Å². The van der Waals surface area contributed by atoms with Crippen LogP contribution in [0.25, 0.3) is 0 Å². The van der Waals surface area contributed by atoms with Gasteiger partial charge in [0.15, 0.2) is 11.5 Å². The fraction of sp³-hybridized carbons (Fsp3) is 0.448. The molecule has 0 bridgehead atoms. The van der Waals surface area contributed by atoms with Gasteiger partial charge in [0.05, 0.1) is 0 Å². The lowest BCUT2D eigenvalue weighted by Gasteiger charge is -2.44. The summed E-state index contributed by atoms with van der Waals surface area (Å²) in [7, 11) is 0. The molecule has 1 unspecified atom stereocenters. The maximum Gasteiger partial charge on any atom is 0.274 e. The Labute approximate surface area is 218 Å². The van der Waals surface area contributed by atoms with Crippen LogP contribution in [0.4, 0.5) is 0 Å². The van der Waals surface area contributed by atoms with Crippen molar-refractivity contribution < 1.29 is 14.6 Å². The van der Waals surface area contributed by atoms with Gasteiger partial charge in [-0.1, -0.05) is 66.9 Å². The molecule has 1 saturated carbocycles. The number of aliphatic hydroxyl groups excluding tert-OH is 1. The largest absolute Gasteiger partial charge is 0.486 e. The van der Waals surface area contributed by atoms with E-state index in [-0.39, 0.29) is 29.7 Å². The molecule has 7 heteroatoms. The Morgan fingerprint density at radius 3 is 2.56 bits per heavy atom. The number of amidine groups is 1. The van der Waals surface area contributed by atoms with E-state index in [4.69, 9.17) is 21.3 Å². The molecule has 0 radical (unpaired) electrons. The summed E-state index contributed by atoms with van der Waals surface area (Å²) in [6, 6.07) is 17.9. The van der Waals surface area contributed by atoms with Crippen molar-refractivity contribution in [3.63, 3.8) is 0 Å². The fourth-order valence-electron chi connectivity index (χ4n) is 5.81. The molecule has 1 atom stereocenters. The van der Waals surface area contributed by atoms with Crippen molar-refractivity contribution in [3.8, 4) is 0 Å². The zero-order chi connectivity index (χ0) is 25.3. The maximum absolute atomic E-state index is 13.7. The zero-order valence-corrected chi connectivity index (χ0v) is 21.7. The minimum absolute atomic E-state index is 0.0506. The second-order valence-electron chi connectivity index (χ2n) is 10.3. The van der Waals surface area contributed by atoms with Gasteiger partial charge in [0.2, 0.25) is 6.23 Å². The number of aliphatic imine (C=N–C) groups is 1. The molecule has 3 aliphatic rings. The summed E-state index contributed by atoms with van der Waals surface area (Å²) in [6.45, 7) is 5.51. The van der Waals surface area contributed by atoms with Crippen LogP contribution < -0.4 is 0 Å². The highest BCUT2D eigenvalue weighted by Gasteiger charge is 2.44. The van der Waals surface area contributed by atoms with Crippen LogP contribution in [0.5, 0.6) is 0 Å². The molecular formula is C29H34ClN3O3. The Hall–Kier alpha value is -2.83. The zero-order valence-electron chi connectivity index (χ0n) is 21.0. The number of nitrogens with zero attached hydrogens (tertiary/aromatic N) is 3. The van der Waals surface area contributed by atoms with Crippen molar-refractivity contribution in [2.75, 3.05) is 13.1 Å². The molecule has 2 aromatic rings. The number of aliphatic hydroxyl groups is 1. The van der Waals surface area contributed by atoms with E-state index in [1.165, 1.54) is 5.56 Å². The normalized spacial score (nSPS) is 21.6. The van der Waals surface area contributed by atoms with Crippen molar-refractivity contribution in [3.05, 3.63) is 82.2 Å². The topological polar surface area (TPSA) is 65.4 Å². The van der Waals surface area contributed by atoms with Gasteiger partial charge in [-0.2, -0.15) is 0 Å². The lowest BCUT2D eigenvalue weighted by Crippen LogP contribution is -2.56. The van der Waals surface area contributed by atoms with Crippen molar-refractivity contribution in [1.29, 1.82) is 0 Å². The molecule has 2 aliphatic heterocycles. The lowest BCUT2D eigenvalue weighted by molar-refractivity contribution is -0.133. The second-order valence-corrected chi connectivity index (χ2v) is 10.8. The van der Waals surface area contributed by atoms with Gasteiger partial charge in [-0.3, -0.25) is 4.79 Å². The molecule has 1 saturated heterocycles. The summed E-state index contributed by atoms with van der Waals surface area (Å²) in [5, 5.41) is 11.9. The third kappa shape index (κ3) is 4.76. The van der Waals surface area contributed by atoms with Gasteiger partial charge in [-0.05, 0) is 49.9 Å². The predicted octanol–water partition coefficient (Wildman–Crippen LogP) is 5.25. The van der Waals surface area contributed by atoms with E-state index in [1.54, 1.807) is 0 Å². The number of ether oxygens (including phenoxy) is 1. The monoisotopic (exact) mass is 507 g/mol. The molecule has 2 aromatic carbocycles. The summed E-state index contributed by atoms with van der Waals surface area (Å²) in [6.07, 6.45) is 3.75. The van der Waals surface area contributed by atoms with Crippen molar-refractivity contribution in [1.82, 2.24) is 9.80 Å². The number of hydrogen-bond donors (Lipinski definition) is 1. The van der Waals surface area contributed by atoms with E-state index in [2.05, 4.69) is 12.1 Å². The number of piperazine rings is 1. The molecule has 6 nitrogen and oxygen atoms in total. The highest BCUT2D eigenvalue weighted by Crippen LogP contribution is 2.46. The average Bonchev–Trinajstić information content (AvgIpc) is 3.34. The molecular weight excluding hydrogens is 474 g/mol. The first kappa shape index (κ1) is 24.8. The predicted molar refractivity (Wildman–Crippen MR) is 141 cm³/mol. The van der Waals surface area contributed by atoms with Gasteiger partial charge in [0.1, 0.15) is 12.4 Å². The maximum atomic E-state index is 13.7. The Balaban J connectivity index is 1.49. The van der Waals surface area contributed by atoms with Crippen molar-refractivity contribution >= 4 is 23.3 Å². The number of amides is 1. The summed E-state index contributed by atoms with van der Waals surface area (Å²) in [5.41, 5.74) is 2.47. The summed E-state index contributed by atoms with van der Waals surface area (Å²) < 4.78 is 6.11. The van der Waals surface area contributed by atoms with Gasteiger partial charge < -0.3 is 19.6 Å². The van der Waals surface area contributed by atoms with Crippen LogP contribution in [-0.4, -0.2) is 52.0 Å². The van der Waals surface area contributed by atoms with E-state index in [1.807, 2.05) is 66.1 Å². The van der Waals surface area contributed by atoms with Gasteiger partial charge in [-0.15, -0.1) is 0 Å². The number of halogens is 1. The minimum Gasteiger partial charge on any atom is -0.486 e. The summed E-state index contributed by atoms with van der Waals surface area (Å²) in [4.78, 5) is 22.3. The van der Waals surface area contributed by atoms with Crippen LogP contribution in [0.3, 0.4) is 0 Å². The highest BCUT2D eigenvalue weighted by atomic mass is 35.5. The third-order valence-corrected chi connectivity index (χ3v) is 7.94. The van der Waals surface area contributed by atoms with Crippen LogP contribution in [-0.2, 0) is 21.6 Å². The average molecular weight is 508 g/mol. The molecule has 0 aromatic heterocycles. The van der Waals surface area contributed by atoms with E-state index in [0.717, 1.165) is 42.1 Å². The molecule has 36 heavy (non-hydrogen) atoms. The Kier molecular flexibility index (Phi) is 7.09. The lowest BCUT2D eigenvalue weighted by atomic mass is 9.75. The number of carbonyl (C=O) groups excluding carboxylic acids is 1. The van der Waals surface area contributed by atoms with Crippen molar-refractivity contribution in [2.24, 2.45) is 4.99 Å². The molecule has 190 valence electrons. The summed E-state index contributed by atoms with van der Waals surface area (Å²) in [5.74, 6) is 0.873. The first-order valence-corrected chi connectivity index (χ1v) is 13.3. The molecule has 0 spiro atoms. The number of fused-ring (bicyclic) bond motifs is 1.